The summed E-state index contributed by atoms with van der Waals surface area (Å²) >= 11 is 3.45. The van der Waals surface area contributed by atoms with E-state index in [4.69, 9.17) is 9.47 Å². The van der Waals surface area contributed by atoms with Gasteiger partial charge in [0.2, 0.25) is 0 Å². The molecule has 146 valence electrons. The number of hydrogen-bond acceptors (Lipinski definition) is 4. The number of likely N-dealkylation sites (tertiary alicyclic amines) is 1. The number of nitrogens with one attached hydrogen (secondary N) is 1. The molecule has 27 heavy (non-hydrogen) atoms. The second-order valence-corrected chi connectivity index (χ2v) is 8.81. The van der Waals surface area contributed by atoms with Crippen LogP contribution in [0.25, 0.3) is 11.3 Å². The molecule has 6 nitrogen and oxygen atoms in total. The van der Waals surface area contributed by atoms with Gasteiger partial charge >= 0.3 is 6.09 Å². The van der Waals surface area contributed by atoms with Crippen molar-refractivity contribution < 1.29 is 14.3 Å². The summed E-state index contributed by atoms with van der Waals surface area (Å²) in [5.41, 5.74) is 1.44. The number of halogens is 1. The van der Waals surface area contributed by atoms with Gasteiger partial charge in [0.15, 0.2) is 0 Å². The first-order chi connectivity index (χ1) is 12.8. The van der Waals surface area contributed by atoms with Crippen LogP contribution < -0.4 is 0 Å². The molecule has 1 amide bonds. The molecule has 0 aliphatic carbocycles. The number of aromatic amines is 1. The lowest BCUT2D eigenvalue weighted by molar-refractivity contribution is 0.0208. The summed E-state index contributed by atoms with van der Waals surface area (Å²) in [5, 5.41) is 0. The molecule has 1 aliphatic heterocycles. The van der Waals surface area contributed by atoms with Crippen LogP contribution >= 0.6 is 15.9 Å². The Labute approximate surface area is 168 Å². The van der Waals surface area contributed by atoms with Crippen molar-refractivity contribution in [3.63, 3.8) is 0 Å². The zero-order chi connectivity index (χ0) is 19.6. The van der Waals surface area contributed by atoms with Crippen LogP contribution in [0.4, 0.5) is 4.79 Å². The predicted molar refractivity (Wildman–Crippen MR) is 107 cm³/mol. The maximum atomic E-state index is 12.7. The summed E-state index contributed by atoms with van der Waals surface area (Å²) in [6.07, 6.45) is 2.29. The molecule has 1 aliphatic rings. The van der Waals surface area contributed by atoms with E-state index in [1.807, 2.05) is 51.2 Å². The average Bonchev–Trinajstić information content (AvgIpc) is 3.21. The van der Waals surface area contributed by atoms with Gasteiger partial charge in [0.05, 0.1) is 24.5 Å². The van der Waals surface area contributed by atoms with Gasteiger partial charge in [0.25, 0.3) is 0 Å². The first-order valence-corrected chi connectivity index (χ1v) is 9.85. The quantitative estimate of drug-likeness (QED) is 0.749. The first-order valence-electron chi connectivity index (χ1n) is 9.06. The Morgan fingerprint density at radius 3 is 2.67 bits per heavy atom. The molecular weight excluding hydrogens is 410 g/mol. The second-order valence-electron chi connectivity index (χ2n) is 7.89. The Morgan fingerprint density at radius 1 is 1.33 bits per heavy atom. The van der Waals surface area contributed by atoms with Crippen molar-refractivity contribution in [1.82, 2.24) is 14.9 Å². The summed E-state index contributed by atoms with van der Waals surface area (Å²) in [6.45, 7) is 6.83. The maximum Gasteiger partial charge on any atom is 0.410 e. The highest BCUT2D eigenvalue weighted by Gasteiger charge is 2.39. The smallest absolute Gasteiger partial charge is 0.410 e. The molecule has 0 bridgehead atoms. The Bertz CT molecular complexity index is 783. The number of carbonyl (C=O) groups excluding carboxylic acids is 1. The van der Waals surface area contributed by atoms with Gasteiger partial charge in [0.1, 0.15) is 11.4 Å². The van der Waals surface area contributed by atoms with Crippen LogP contribution in [-0.2, 0) is 9.47 Å². The molecule has 2 aromatic rings. The standard InChI is InChI=1S/C20H26BrN3O3/c1-20(2,3)27-19(25)24-11-13(12-26-4)9-17(24)18-22-10-16(23-18)14-5-7-15(21)8-6-14/h5-8,10,13,17H,9,11-12H2,1-4H3,(H,22,23). The van der Waals surface area contributed by atoms with E-state index in [9.17, 15) is 4.79 Å². The molecule has 0 radical (unpaired) electrons. The van der Waals surface area contributed by atoms with Crippen molar-refractivity contribution in [2.75, 3.05) is 20.3 Å². The highest BCUT2D eigenvalue weighted by atomic mass is 79.9. The number of rotatable bonds is 4. The summed E-state index contributed by atoms with van der Waals surface area (Å²) in [5.74, 6) is 1.03. The Kier molecular flexibility index (Phi) is 5.91. The average molecular weight is 436 g/mol. The number of methoxy groups -OCH3 is 1. The van der Waals surface area contributed by atoms with Crippen molar-refractivity contribution in [3.8, 4) is 11.3 Å². The highest BCUT2D eigenvalue weighted by molar-refractivity contribution is 9.10. The Morgan fingerprint density at radius 2 is 2.04 bits per heavy atom. The van der Waals surface area contributed by atoms with Crippen molar-refractivity contribution >= 4 is 22.0 Å². The number of amides is 1. The van der Waals surface area contributed by atoms with Crippen LogP contribution in [0.2, 0.25) is 0 Å². The summed E-state index contributed by atoms with van der Waals surface area (Å²) in [4.78, 5) is 22.4. The molecule has 2 heterocycles. The van der Waals surface area contributed by atoms with E-state index < -0.39 is 5.60 Å². The largest absolute Gasteiger partial charge is 0.444 e. The first kappa shape index (κ1) is 19.9. The van der Waals surface area contributed by atoms with Gasteiger partial charge < -0.3 is 14.5 Å². The van der Waals surface area contributed by atoms with Gasteiger partial charge in [-0.25, -0.2) is 9.78 Å². The molecule has 1 N–H and O–H groups in total. The number of H-pyrrole nitrogens is 1. The summed E-state index contributed by atoms with van der Waals surface area (Å²) in [7, 11) is 1.68. The van der Waals surface area contributed by atoms with Crippen LogP contribution in [0.3, 0.4) is 0 Å². The van der Waals surface area contributed by atoms with Gasteiger partial charge in [-0.1, -0.05) is 28.1 Å². The van der Waals surface area contributed by atoms with E-state index in [-0.39, 0.29) is 18.1 Å². The molecule has 0 saturated carbocycles. The van der Waals surface area contributed by atoms with Crippen molar-refractivity contribution in [2.45, 2.75) is 38.8 Å². The van der Waals surface area contributed by atoms with E-state index in [1.165, 1.54) is 0 Å². The van der Waals surface area contributed by atoms with Gasteiger partial charge in [-0.15, -0.1) is 0 Å². The number of benzene rings is 1. The molecular formula is C20H26BrN3O3. The minimum absolute atomic E-state index is 0.149. The molecule has 1 aromatic carbocycles. The van der Waals surface area contributed by atoms with E-state index in [0.717, 1.165) is 28.0 Å². The number of hydrogen-bond donors (Lipinski definition) is 1. The summed E-state index contributed by atoms with van der Waals surface area (Å²) in [6, 6.07) is 7.88. The molecule has 3 rings (SSSR count). The Hall–Kier alpha value is -1.86. The van der Waals surface area contributed by atoms with Crippen LogP contribution in [0.5, 0.6) is 0 Å². The van der Waals surface area contributed by atoms with E-state index in [1.54, 1.807) is 12.0 Å². The minimum atomic E-state index is -0.535. The van der Waals surface area contributed by atoms with Gasteiger partial charge in [-0.2, -0.15) is 0 Å². The van der Waals surface area contributed by atoms with Crippen molar-refractivity contribution in [1.29, 1.82) is 0 Å². The molecule has 1 aromatic heterocycles. The van der Waals surface area contributed by atoms with Gasteiger partial charge in [-0.3, -0.25) is 4.90 Å². The monoisotopic (exact) mass is 435 g/mol. The van der Waals surface area contributed by atoms with Gasteiger partial charge in [-0.05, 0) is 44.9 Å². The lowest BCUT2D eigenvalue weighted by Gasteiger charge is -2.27. The zero-order valence-electron chi connectivity index (χ0n) is 16.2. The van der Waals surface area contributed by atoms with E-state index >= 15 is 0 Å². The summed E-state index contributed by atoms with van der Waals surface area (Å²) < 4.78 is 11.9. The van der Waals surface area contributed by atoms with Crippen LogP contribution in [0, 0.1) is 5.92 Å². The third kappa shape index (κ3) is 4.90. The molecule has 2 atom stereocenters. The molecule has 0 spiro atoms. The molecule has 7 heteroatoms. The number of imidazole rings is 1. The fourth-order valence-corrected chi connectivity index (χ4v) is 3.61. The minimum Gasteiger partial charge on any atom is -0.444 e. The van der Waals surface area contributed by atoms with E-state index in [2.05, 4.69) is 25.9 Å². The fraction of sp³-hybridized carbons (Fsp3) is 0.500. The zero-order valence-corrected chi connectivity index (χ0v) is 17.7. The molecule has 2 unspecified atom stereocenters. The molecule has 1 saturated heterocycles. The normalized spacial score (nSPS) is 20.1. The fourth-order valence-electron chi connectivity index (χ4n) is 3.34. The molecule has 1 fully saturated rings. The lowest BCUT2D eigenvalue weighted by atomic mass is 10.1. The Balaban J connectivity index is 1.83. The third-order valence-electron chi connectivity index (χ3n) is 4.48. The highest BCUT2D eigenvalue weighted by Crippen LogP contribution is 2.36. The number of nitrogens with zero attached hydrogens (tertiary/aromatic N) is 2. The van der Waals surface area contributed by atoms with Crippen LogP contribution in [0.1, 0.15) is 39.1 Å². The predicted octanol–water partition coefficient (Wildman–Crippen LogP) is 4.78. The topological polar surface area (TPSA) is 67.5 Å². The number of ether oxygens (including phenoxy) is 2. The van der Waals surface area contributed by atoms with Crippen LogP contribution in [-0.4, -0.2) is 46.8 Å². The van der Waals surface area contributed by atoms with E-state index in [0.29, 0.717) is 13.2 Å². The lowest BCUT2D eigenvalue weighted by Crippen LogP contribution is -2.37. The number of carbonyl (C=O) groups is 1. The third-order valence-corrected chi connectivity index (χ3v) is 5.01. The second kappa shape index (κ2) is 8.02. The van der Waals surface area contributed by atoms with Crippen molar-refractivity contribution in [2.24, 2.45) is 5.92 Å². The number of aromatic nitrogens is 2. The van der Waals surface area contributed by atoms with Crippen molar-refractivity contribution in [3.05, 3.63) is 40.8 Å². The van der Waals surface area contributed by atoms with Gasteiger partial charge in [0, 0.05) is 24.0 Å². The SMILES string of the molecule is COCC1CC(c2ncc(-c3ccc(Br)cc3)[nH]2)N(C(=O)OC(C)(C)C)C1. The van der Waals surface area contributed by atoms with Crippen LogP contribution in [0.15, 0.2) is 34.9 Å². The maximum absolute atomic E-state index is 12.7.